The second-order valence-electron chi connectivity index (χ2n) is 6.71. The molecule has 0 saturated carbocycles. The Hall–Kier alpha value is -4.12. The molecule has 0 bridgehead atoms. The first kappa shape index (κ1) is 18.3. The van der Waals surface area contributed by atoms with Crippen molar-refractivity contribution in [1.29, 1.82) is 0 Å². The van der Waals surface area contributed by atoms with Crippen molar-refractivity contribution in [2.45, 2.75) is 0 Å². The maximum atomic E-state index is 9.58. The molecule has 29 heavy (non-hydrogen) atoms. The number of hydrogen-bond acceptors (Lipinski definition) is 5. The van der Waals surface area contributed by atoms with Crippen LogP contribution in [0.25, 0.3) is 22.3 Å². The van der Waals surface area contributed by atoms with E-state index in [0.717, 1.165) is 22.3 Å². The van der Waals surface area contributed by atoms with Crippen LogP contribution in [-0.4, -0.2) is 10.2 Å². The lowest BCUT2D eigenvalue weighted by Crippen LogP contribution is -1.95. The average molecular weight is 384 g/mol. The largest absolute Gasteiger partial charge is 0.508 e. The highest BCUT2D eigenvalue weighted by atomic mass is 16.5. The SMILES string of the molecule is Nc1ccc(-c2ccc(O)cc2)c(Oc2cc(N)ccc2-c2ccc(O)cc2)c1. The molecule has 0 unspecified atom stereocenters. The predicted octanol–water partition coefficient (Wildman–Crippen LogP) is 5.39. The molecule has 6 N–H and O–H groups in total. The highest BCUT2D eigenvalue weighted by Gasteiger charge is 2.13. The number of ether oxygens (including phenoxy) is 1. The fourth-order valence-electron chi connectivity index (χ4n) is 3.12. The van der Waals surface area contributed by atoms with E-state index in [1.165, 1.54) is 0 Å². The first-order valence-electron chi connectivity index (χ1n) is 9.05. The topological polar surface area (TPSA) is 102 Å². The molecule has 0 atom stereocenters. The molecule has 0 heterocycles. The van der Waals surface area contributed by atoms with Crippen LogP contribution < -0.4 is 16.2 Å². The molecule has 5 nitrogen and oxygen atoms in total. The molecule has 0 aliphatic carbocycles. The summed E-state index contributed by atoms with van der Waals surface area (Å²) in [4.78, 5) is 0. The Bertz CT molecular complexity index is 1060. The molecular formula is C24H20N2O3. The second kappa shape index (κ2) is 7.48. The molecule has 4 rings (SSSR count). The van der Waals surface area contributed by atoms with Gasteiger partial charge in [-0.05, 0) is 59.7 Å². The third-order valence-corrected chi connectivity index (χ3v) is 4.59. The summed E-state index contributed by atoms with van der Waals surface area (Å²) in [6.07, 6.45) is 0. The number of aromatic hydroxyl groups is 2. The molecule has 0 fully saturated rings. The number of nitrogens with two attached hydrogens (primary N) is 2. The summed E-state index contributed by atoms with van der Waals surface area (Å²) < 4.78 is 6.29. The van der Waals surface area contributed by atoms with Gasteiger partial charge in [0.05, 0.1) is 0 Å². The van der Waals surface area contributed by atoms with Crippen molar-refractivity contribution in [2.75, 3.05) is 11.5 Å². The van der Waals surface area contributed by atoms with E-state index in [1.807, 2.05) is 36.4 Å². The lowest BCUT2D eigenvalue weighted by Gasteiger charge is -2.16. The second-order valence-corrected chi connectivity index (χ2v) is 6.71. The van der Waals surface area contributed by atoms with Crippen LogP contribution in [0.1, 0.15) is 0 Å². The Morgan fingerprint density at radius 2 is 0.897 bits per heavy atom. The van der Waals surface area contributed by atoms with Crippen LogP contribution in [0.5, 0.6) is 23.0 Å². The van der Waals surface area contributed by atoms with Crippen LogP contribution in [0.3, 0.4) is 0 Å². The molecule has 4 aromatic carbocycles. The van der Waals surface area contributed by atoms with Crippen molar-refractivity contribution in [3.05, 3.63) is 84.9 Å². The number of benzene rings is 4. The smallest absolute Gasteiger partial charge is 0.137 e. The highest BCUT2D eigenvalue weighted by molar-refractivity contribution is 5.77. The highest BCUT2D eigenvalue weighted by Crippen LogP contribution is 2.40. The van der Waals surface area contributed by atoms with Crippen molar-refractivity contribution in [1.82, 2.24) is 0 Å². The summed E-state index contributed by atoms with van der Waals surface area (Å²) in [6.45, 7) is 0. The molecule has 4 aromatic rings. The summed E-state index contributed by atoms with van der Waals surface area (Å²) in [5.41, 5.74) is 16.6. The van der Waals surface area contributed by atoms with E-state index in [0.29, 0.717) is 22.9 Å². The van der Waals surface area contributed by atoms with E-state index in [-0.39, 0.29) is 11.5 Å². The molecule has 0 aromatic heterocycles. The molecule has 144 valence electrons. The van der Waals surface area contributed by atoms with Gasteiger partial charge in [-0.1, -0.05) is 24.3 Å². The summed E-state index contributed by atoms with van der Waals surface area (Å²) in [6, 6.07) is 24.6. The van der Waals surface area contributed by atoms with Crippen molar-refractivity contribution >= 4 is 11.4 Å². The van der Waals surface area contributed by atoms with Crippen LogP contribution >= 0.6 is 0 Å². The quantitative estimate of drug-likeness (QED) is 0.353. The van der Waals surface area contributed by atoms with Gasteiger partial charge in [0.1, 0.15) is 23.0 Å². The lowest BCUT2D eigenvalue weighted by atomic mass is 10.0. The molecular weight excluding hydrogens is 364 g/mol. The van der Waals surface area contributed by atoms with Crippen LogP contribution in [0.4, 0.5) is 11.4 Å². The van der Waals surface area contributed by atoms with Gasteiger partial charge in [-0.15, -0.1) is 0 Å². The fourth-order valence-corrected chi connectivity index (χ4v) is 3.12. The van der Waals surface area contributed by atoms with Crippen LogP contribution in [0.15, 0.2) is 84.9 Å². The van der Waals surface area contributed by atoms with Crippen LogP contribution in [0.2, 0.25) is 0 Å². The zero-order chi connectivity index (χ0) is 20.4. The summed E-state index contributed by atoms with van der Waals surface area (Å²) in [7, 11) is 0. The average Bonchev–Trinajstić information content (AvgIpc) is 2.70. The van der Waals surface area contributed by atoms with Crippen LogP contribution in [0, 0.1) is 0 Å². The van der Waals surface area contributed by atoms with Gasteiger partial charge in [-0.2, -0.15) is 0 Å². The summed E-state index contributed by atoms with van der Waals surface area (Å²) >= 11 is 0. The first-order chi connectivity index (χ1) is 14.0. The number of phenolic OH excluding ortho intramolecular Hbond substituents is 2. The lowest BCUT2D eigenvalue weighted by molar-refractivity contribution is 0.475. The maximum absolute atomic E-state index is 9.58. The number of rotatable bonds is 4. The monoisotopic (exact) mass is 384 g/mol. The van der Waals surface area contributed by atoms with E-state index in [1.54, 1.807) is 48.5 Å². The minimum Gasteiger partial charge on any atom is -0.508 e. The minimum atomic E-state index is 0.192. The minimum absolute atomic E-state index is 0.192. The van der Waals surface area contributed by atoms with E-state index >= 15 is 0 Å². The van der Waals surface area contributed by atoms with Gasteiger partial charge in [-0.3, -0.25) is 0 Å². The van der Waals surface area contributed by atoms with Gasteiger partial charge in [0.2, 0.25) is 0 Å². The Balaban J connectivity index is 1.80. The van der Waals surface area contributed by atoms with Crippen molar-refractivity contribution in [3.63, 3.8) is 0 Å². The van der Waals surface area contributed by atoms with Gasteiger partial charge < -0.3 is 26.4 Å². The molecule has 5 heteroatoms. The maximum Gasteiger partial charge on any atom is 0.137 e. The number of phenols is 2. The Labute approximate surface area is 168 Å². The summed E-state index contributed by atoms with van der Waals surface area (Å²) in [5.74, 6) is 1.52. The Kier molecular flexibility index (Phi) is 4.71. The third-order valence-electron chi connectivity index (χ3n) is 4.59. The predicted molar refractivity (Wildman–Crippen MR) is 116 cm³/mol. The van der Waals surface area contributed by atoms with Gasteiger partial charge >= 0.3 is 0 Å². The standard InChI is InChI=1S/C24H20N2O3/c25-17-5-11-21(15-1-7-19(27)8-2-15)23(13-17)29-24-14-18(26)6-12-22(24)16-3-9-20(28)10-4-16/h1-14,27-28H,25-26H2. The third kappa shape index (κ3) is 3.94. The van der Waals surface area contributed by atoms with Crippen molar-refractivity contribution in [2.24, 2.45) is 0 Å². The van der Waals surface area contributed by atoms with Gasteiger partial charge in [0.15, 0.2) is 0 Å². The first-order valence-corrected chi connectivity index (χ1v) is 9.05. The van der Waals surface area contributed by atoms with Gasteiger partial charge in [0, 0.05) is 34.6 Å². The molecule has 0 saturated heterocycles. The van der Waals surface area contributed by atoms with Crippen LogP contribution in [-0.2, 0) is 0 Å². The Morgan fingerprint density at radius 1 is 0.517 bits per heavy atom. The van der Waals surface area contributed by atoms with Crippen molar-refractivity contribution < 1.29 is 14.9 Å². The van der Waals surface area contributed by atoms with E-state index in [9.17, 15) is 10.2 Å². The molecule has 0 aliphatic heterocycles. The number of hydrogen-bond donors (Lipinski definition) is 4. The zero-order valence-electron chi connectivity index (χ0n) is 15.5. The normalized spacial score (nSPS) is 10.6. The summed E-state index contributed by atoms with van der Waals surface area (Å²) in [5, 5.41) is 19.2. The van der Waals surface area contributed by atoms with Crippen molar-refractivity contribution in [3.8, 4) is 45.3 Å². The number of nitrogen functional groups attached to an aromatic ring is 2. The zero-order valence-corrected chi connectivity index (χ0v) is 15.5. The fraction of sp³-hybridized carbons (Fsp3) is 0. The molecule has 0 spiro atoms. The van der Waals surface area contributed by atoms with E-state index in [2.05, 4.69) is 0 Å². The molecule has 0 amide bonds. The van der Waals surface area contributed by atoms with E-state index < -0.39 is 0 Å². The Morgan fingerprint density at radius 3 is 1.28 bits per heavy atom. The molecule has 0 radical (unpaired) electrons. The van der Waals surface area contributed by atoms with Gasteiger partial charge in [-0.25, -0.2) is 0 Å². The number of anilines is 2. The molecule has 0 aliphatic rings. The van der Waals surface area contributed by atoms with Gasteiger partial charge in [0.25, 0.3) is 0 Å². The van der Waals surface area contributed by atoms with E-state index in [4.69, 9.17) is 16.2 Å².